The summed E-state index contributed by atoms with van der Waals surface area (Å²) in [6, 6.07) is 0. The third-order valence-electron chi connectivity index (χ3n) is 5.84. The van der Waals surface area contributed by atoms with Crippen molar-refractivity contribution in [3.05, 3.63) is 75.6 Å². The molecule has 3 rings (SSSR count). The lowest BCUT2D eigenvalue weighted by molar-refractivity contribution is 0.0966. The van der Waals surface area contributed by atoms with E-state index in [1.807, 2.05) is 19.1 Å². The van der Waals surface area contributed by atoms with Crippen molar-refractivity contribution < 1.29 is 4.79 Å². The maximum Gasteiger partial charge on any atom is 0.290 e. The zero-order valence-electron chi connectivity index (χ0n) is 20.1. The average Bonchev–Trinajstić information content (AvgIpc) is 3.08. The smallest absolute Gasteiger partial charge is 0.290 e. The number of hydrogen-bond acceptors (Lipinski definition) is 6. The standard InChI is InChI=1S/C25H32N6O2/c1-16(10-11-19-18(3)27-13-12-25(19,4)5)8-7-9-17(2)14-20(32)31-23(33)21-22(29-24(31)26)30(6)15-28-21/h7-11,14-15,27H,12-13H2,1-6H3,(H2,26,29)/b9-7+,11-10+,16-8+,17-14+. The van der Waals surface area contributed by atoms with Gasteiger partial charge in [-0.15, -0.1) is 0 Å². The van der Waals surface area contributed by atoms with Gasteiger partial charge in [-0.2, -0.15) is 4.98 Å². The second kappa shape index (κ2) is 9.44. The predicted molar refractivity (Wildman–Crippen MR) is 133 cm³/mol. The quantitative estimate of drug-likeness (QED) is 0.534. The topological polar surface area (TPSA) is 108 Å². The number of hydrogen-bond donors (Lipinski definition) is 2. The monoisotopic (exact) mass is 448 g/mol. The molecule has 1 aliphatic heterocycles. The van der Waals surface area contributed by atoms with Crippen LogP contribution in [0.3, 0.4) is 0 Å². The largest absolute Gasteiger partial charge is 0.388 e. The molecule has 2 aromatic heterocycles. The highest BCUT2D eigenvalue weighted by Gasteiger charge is 2.26. The summed E-state index contributed by atoms with van der Waals surface area (Å²) < 4.78 is 2.42. The van der Waals surface area contributed by atoms with Crippen LogP contribution in [0, 0.1) is 5.41 Å². The Balaban J connectivity index is 1.75. The Morgan fingerprint density at radius 1 is 1.24 bits per heavy atom. The van der Waals surface area contributed by atoms with Gasteiger partial charge in [-0.1, -0.05) is 49.8 Å². The van der Waals surface area contributed by atoms with Gasteiger partial charge in [0.05, 0.1) is 6.33 Å². The summed E-state index contributed by atoms with van der Waals surface area (Å²) in [5, 5.41) is 3.43. The molecule has 0 atom stereocenters. The summed E-state index contributed by atoms with van der Waals surface area (Å²) in [7, 11) is 1.71. The number of carbonyl (C=O) groups excluding carboxylic acids is 1. The minimum Gasteiger partial charge on any atom is -0.388 e. The van der Waals surface area contributed by atoms with Crippen LogP contribution in [0.1, 0.15) is 45.8 Å². The number of carbonyl (C=O) groups is 1. The highest BCUT2D eigenvalue weighted by Crippen LogP contribution is 2.35. The van der Waals surface area contributed by atoms with Crippen LogP contribution in [-0.2, 0) is 7.05 Å². The number of aromatic nitrogens is 4. The number of fused-ring (bicyclic) bond motifs is 1. The molecule has 0 aromatic carbocycles. The molecule has 8 heteroatoms. The van der Waals surface area contributed by atoms with E-state index in [4.69, 9.17) is 5.73 Å². The minimum atomic E-state index is -0.582. The molecule has 1 aliphatic rings. The Labute approximate surface area is 193 Å². The van der Waals surface area contributed by atoms with Crippen molar-refractivity contribution in [2.24, 2.45) is 12.5 Å². The Hall–Kier alpha value is -3.68. The van der Waals surface area contributed by atoms with Crippen LogP contribution < -0.4 is 16.6 Å². The number of anilines is 1. The molecular weight excluding hydrogens is 416 g/mol. The Bertz CT molecular complexity index is 1300. The zero-order chi connectivity index (χ0) is 24.3. The van der Waals surface area contributed by atoms with E-state index in [9.17, 15) is 9.59 Å². The van der Waals surface area contributed by atoms with Crippen LogP contribution in [0.5, 0.6) is 0 Å². The molecule has 0 saturated carbocycles. The SMILES string of the molecule is CC1=C(/C=C/C(C)=C/C=C/C(C)=C/C(=O)n2c(N)nc3c(ncn3C)c2=O)C(C)(C)CCN1. The average molecular weight is 449 g/mol. The van der Waals surface area contributed by atoms with Gasteiger partial charge in [-0.3, -0.25) is 9.59 Å². The Morgan fingerprint density at radius 3 is 2.67 bits per heavy atom. The molecule has 0 bridgehead atoms. The number of nitrogens with zero attached hydrogens (tertiary/aromatic N) is 4. The van der Waals surface area contributed by atoms with Gasteiger partial charge in [0.25, 0.3) is 11.5 Å². The highest BCUT2D eigenvalue weighted by atomic mass is 16.2. The van der Waals surface area contributed by atoms with Crippen molar-refractivity contribution in [3.63, 3.8) is 0 Å². The fourth-order valence-corrected chi connectivity index (χ4v) is 3.87. The molecule has 3 N–H and O–H groups in total. The third-order valence-corrected chi connectivity index (χ3v) is 5.84. The lowest BCUT2D eigenvalue weighted by Gasteiger charge is -2.33. The molecule has 174 valence electrons. The van der Waals surface area contributed by atoms with E-state index >= 15 is 0 Å². The summed E-state index contributed by atoms with van der Waals surface area (Å²) in [5.41, 5.74) is 10.2. The molecule has 0 amide bonds. The van der Waals surface area contributed by atoms with Gasteiger partial charge in [0.1, 0.15) is 0 Å². The number of allylic oxidation sites excluding steroid dienone is 10. The Kier molecular flexibility index (Phi) is 6.86. The van der Waals surface area contributed by atoms with Gasteiger partial charge < -0.3 is 15.6 Å². The van der Waals surface area contributed by atoms with E-state index in [1.54, 1.807) is 24.6 Å². The van der Waals surface area contributed by atoms with E-state index in [0.717, 1.165) is 23.1 Å². The first-order chi connectivity index (χ1) is 15.5. The Morgan fingerprint density at radius 2 is 1.97 bits per heavy atom. The number of imidazole rings is 1. The maximum atomic E-state index is 12.7. The van der Waals surface area contributed by atoms with Crippen molar-refractivity contribution in [1.29, 1.82) is 0 Å². The van der Waals surface area contributed by atoms with E-state index in [1.165, 1.54) is 23.7 Å². The predicted octanol–water partition coefficient (Wildman–Crippen LogP) is 3.65. The number of nitrogens with two attached hydrogens (primary N) is 1. The van der Waals surface area contributed by atoms with Crippen LogP contribution >= 0.6 is 0 Å². The molecule has 3 heterocycles. The van der Waals surface area contributed by atoms with E-state index < -0.39 is 11.5 Å². The number of nitrogen functional groups attached to an aromatic ring is 1. The van der Waals surface area contributed by atoms with Crippen molar-refractivity contribution >= 4 is 23.0 Å². The van der Waals surface area contributed by atoms with Crippen molar-refractivity contribution in [2.45, 2.75) is 41.0 Å². The van der Waals surface area contributed by atoms with Gasteiger partial charge in [0.2, 0.25) is 5.95 Å². The molecule has 33 heavy (non-hydrogen) atoms. The second-order valence-electron chi connectivity index (χ2n) is 9.07. The van der Waals surface area contributed by atoms with Crippen molar-refractivity contribution in [3.8, 4) is 0 Å². The van der Waals surface area contributed by atoms with E-state index in [-0.39, 0.29) is 16.9 Å². The molecule has 0 unspecified atom stereocenters. The normalized spacial score (nSPS) is 17.4. The lowest BCUT2D eigenvalue weighted by Crippen LogP contribution is -2.31. The van der Waals surface area contributed by atoms with Gasteiger partial charge in [-0.05, 0) is 43.8 Å². The van der Waals surface area contributed by atoms with Crippen molar-refractivity contribution in [2.75, 3.05) is 12.3 Å². The van der Waals surface area contributed by atoms with Crippen LogP contribution in [0.25, 0.3) is 11.2 Å². The zero-order valence-corrected chi connectivity index (χ0v) is 20.1. The summed E-state index contributed by atoms with van der Waals surface area (Å²) in [6.07, 6.45) is 13.8. The van der Waals surface area contributed by atoms with Gasteiger partial charge >= 0.3 is 0 Å². The third kappa shape index (κ3) is 5.22. The van der Waals surface area contributed by atoms with Gasteiger partial charge in [0, 0.05) is 25.4 Å². The molecule has 0 radical (unpaired) electrons. The highest BCUT2D eigenvalue weighted by molar-refractivity contribution is 5.93. The molecule has 0 saturated heterocycles. The number of aryl methyl sites for hydroxylation is 1. The van der Waals surface area contributed by atoms with Gasteiger partial charge in [-0.25, -0.2) is 9.55 Å². The van der Waals surface area contributed by atoms with Crippen molar-refractivity contribution in [1.82, 2.24) is 24.4 Å². The number of rotatable bonds is 5. The van der Waals surface area contributed by atoms with Gasteiger partial charge in [0.15, 0.2) is 11.2 Å². The first kappa shape index (κ1) is 24.0. The summed E-state index contributed by atoms with van der Waals surface area (Å²) in [6.45, 7) is 11.5. The summed E-state index contributed by atoms with van der Waals surface area (Å²) in [4.78, 5) is 33.5. The summed E-state index contributed by atoms with van der Waals surface area (Å²) >= 11 is 0. The van der Waals surface area contributed by atoms with E-state index in [0.29, 0.717) is 11.2 Å². The number of nitrogens with one attached hydrogen (secondary N) is 1. The molecule has 0 fully saturated rings. The molecule has 0 aliphatic carbocycles. The minimum absolute atomic E-state index is 0.105. The second-order valence-corrected chi connectivity index (χ2v) is 9.07. The first-order valence-electron chi connectivity index (χ1n) is 10.9. The van der Waals surface area contributed by atoms with Crippen LogP contribution in [0.15, 0.2) is 70.0 Å². The molecule has 8 nitrogen and oxygen atoms in total. The first-order valence-corrected chi connectivity index (χ1v) is 10.9. The van der Waals surface area contributed by atoms with Crippen LogP contribution in [0.4, 0.5) is 5.95 Å². The fourth-order valence-electron chi connectivity index (χ4n) is 3.87. The summed E-state index contributed by atoms with van der Waals surface area (Å²) in [5.74, 6) is -0.727. The molecule has 0 spiro atoms. The van der Waals surface area contributed by atoms with Crippen LogP contribution in [-0.4, -0.2) is 31.6 Å². The maximum absolute atomic E-state index is 12.7. The van der Waals surface area contributed by atoms with Crippen LogP contribution in [0.2, 0.25) is 0 Å². The molecular formula is C25H32N6O2. The lowest BCUT2D eigenvalue weighted by atomic mass is 9.77. The van der Waals surface area contributed by atoms with E-state index in [2.05, 4.69) is 48.2 Å². The molecule has 2 aromatic rings. The fraction of sp³-hybridized carbons (Fsp3) is 0.360.